The zero-order valence-corrected chi connectivity index (χ0v) is 10.1. The van der Waals surface area contributed by atoms with Crippen LogP contribution in [0.25, 0.3) is 0 Å². The van der Waals surface area contributed by atoms with E-state index in [-0.39, 0.29) is 0 Å². The minimum atomic E-state index is 0.347. The molecule has 0 bridgehead atoms. The third kappa shape index (κ3) is 1.79. The Morgan fingerprint density at radius 2 is 1.87 bits per heavy atom. The molecule has 1 aromatic carbocycles. The summed E-state index contributed by atoms with van der Waals surface area (Å²) in [4.78, 5) is 0. The van der Waals surface area contributed by atoms with Gasteiger partial charge in [0.15, 0.2) is 0 Å². The van der Waals surface area contributed by atoms with Gasteiger partial charge in [-0.15, -0.1) is 0 Å². The highest BCUT2D eigenvalue weighted by molar-refractivity contribution is 6.30. The van der Waals surface area contributed by atoms with Crippen molar-refractivity contribution < 1.29 is 0 Å². The van der Waals surface area contributed by atoms with E-state index in [4.69, 9.17) is 11.6 Å². The van der Waals surface area contributed by atoms with Crippen molar-refractivity contribution >= 4 is 11.6 Å². The number of hydrogen-bond acceptors (Lipinski definition) is 1. The summed E-state index contributed by atoms with van der Waals surface area (Å²) in [5, 5.41) is 4.21. The lowest BCUT2D eigenvalue weighted by atomic mass is 9.60. The van der Waals surface area contributed by atoms with Gasteiger partial charge in [0, 0.05) is 16.5 Å². The van der Waals surface area contributed by atoms with Crippen molar-refractivity contribution in [3.05, 3.63) is 34.9 Å². The molecule has 0 aromatic heterocycles. The van der Waals surface area contributed by atoms with E-state index in [9.17, 15) is 0 Å². The Morgan fingerprint density at radius 1 is 1.27 bits per heavy atom. The van der Waals surface area contributed by atoms with Crippen molar-refractivity contribution in [2.45, 2.75) is 37.6 Å². The highest BCUT2D eigenvalue weighted by Gasteiger charge is 2.42. The van der Waals surface area contributed by atoms with Crippen LogP contribution in [0.5, 0.6) is 0 Å². The lowest BCUT2D eigenvalue weighted by Crippen LogP contribution is -2.50. The van der Waals surface area contributed by atoms with Crippen LogP contribution in [0.3, 0.4) is 0 Å². The van der Waals surface area contributed by atoms with Gasteiger partial charge in [-0.05, 0) is 44.5 Å². The van der Waals surface area contributed by atoms with E-state index >= 15 is 0 Å². The summed E-state index contributed by atoms with van der Waals surface area (Å²) in [7, 11) is 2.04. The second kappa shape index (κ2) is 4.15. The van der Waals surface area contributed by atoms with Gasteiger partial charge in [0.1, 0.15) is 0 Å². The average Bonchev–Trinajstić information content (AvgIpc) is 2.19. The molecule has 1 unspecified atom stereocenters. The Balaban J connectivity index is 2.30. The molecule has 1 fully saturated rings. The first-order valence-corrected chi connectivity index (χ1v) is 6.00. The topological polar surface area (TPSA) is 12.0 Å². The van der Waals surface area contributed by atoms with Crippen LogP contribution in [-0.2, 0) is 5.41 Å². The Bertz CT molecular complexity index is 327. The zero-order chi connectivity index (χ0) is 10.9. The molecule has 0 aliphatic heterocycles. The van der Waals surface area contributed by atoms with Crippen molar-refractivity contribution in [2.24, 2.45) is 0 Å². The van der Waals surface area contributed by atoms with Gasteiger partial charge < -0.3 is 5.32 Å². The molecule has 0 spiro atoms. The lowest BCUT2D eigenvalue weighted by Gasteiger charge is -2.47. The Morgan fingerprint density at radius 3 is 2.27 bits per heavy atom. The van der Waals surface area contributed by atoms with Crippen LogP contribution in [-0.4, -0.2) is 13.1 Å². The number of rotatable bonds is 3. The van der Waals surface area contributed by atoms with Crippen molar-refractivity contribution in [1.29, 1.82) is 0 Å². The molecule has 2 rings (SSSR count). The van der Waals surface area contributed by atoms with Gasteiger partial charge in [-0.2, -0.15) is 0 Å². The van der Waals surface area contributed by atoms with Crippen molar-refractivity contribution in [3.8, 4) is 0 Å². The number of likely N-dealkylation sites (N-methyl/N-ethyl adjacent to an activating group) is 1. The third-order valence-corrected chi connectivity index (χ3v) is 4.18. The van der Waals surface area contributed by atoms with Crippen LogP contribution in [0.2, 0.25) is 5.02 Å². The van der Waals surface area contributed by atoms with E-state index in [0.29, 0.717) is 11.5 Å². The maximum atomic E-state index is 5.92. The first-order chi connectivity index (χ1) is 7.19. The van der Waals surface area contributed by atoms with Gasteiger partial charge in [0.2, 0.25) is 0 Å². The molecule has 15 heavy (non-hydrogen) atoms. The maximum absolute atomic E-state index is 5.92. The van der Waals surface area contributed by atoms with E-state index in [1.807, 2.05) is 19.2 Å². The van der Waals surface area contributed by atoms with Crippen molar-refractivity contribution in [1.82, 2.24) is 5.32 Å². The SMILES string of the molecule is CNC(C)C1(c2ccc(Cl)cc2)CCC1. The van der Waals surface area contributed by atoms with Crippen LogP contribution >= 0.6 is 11.6 Å². The monoisotopic (exact) mass is 223 g/mol. The van der Waals surface area contributed by atoms with E-state index in [2.05, 4.69) is 24.4 Å². The predicted octanol–water partition coefficient (Wildman–Crippen LogP) is 3.37. The Hall–Kier alpha value is -0.530. The summed E-state index contributed by atoms with van der Waals surface area (Å²) in [6.07, 6.45) is 3.92. The molecular formula is C13H18ClN. The van der Waals surface area contributed by atoms with Crippen molar-refractivity contribution in [2.75, 3.05) is 7.05 Å². The average molecular weight is 224 g/mol. The normalized spacial score (nSPS) is 20.7. The molecule has 1 aliphatic carbocycles. The molecule has 1 aromatic rings. The first-order valence-electron chi connectivity index (χ1n) is 5.62. The fraction of sp³-hybridized carbons (Fsp3) is 0.538. The van der Waals surface area contributed by atoms with Crippen LogP contribution in [0.4, 0.5) is 0 Å². The van der Waals surface area contributed by atoms with Crippen molar-refractivity contribution in [3.63, 3.8) is 0 Å². The minimum Gasteiger partial charge on any atom is -0.316 e. The Kier molecular flexibility index (Phi) is 3.03. The molecule has 2 heteroatoms. The smallest absolute Gasteiger partial charge is 0.0406 e. The summed E-state index contributed by atoms with van der Waals surface area (Å²) >= 11 is 5.92. The van der Waals surface area contributed by atoms with Gasteiger partial charge in [0.25, 0.3) is 0 Å². The highest BCUT2D eigenvalue weighted by atomic mass is 35.5. The fourth-order valence-electron chi connectivity index (χ4n) is 2.59. The zero-order valence-electron chi connectivity index (χ0n) is 9.39. The summed E-state index contributed by atoms with van der Waals surface area (Å²) < 4.78 is 0. The second-order valence-electron chi connectivity index (χ2n) is 4.53. The maximum Gasteiger partial charge on any atom is 0.0406 e. The molecule has 1 aliphatic rings. The number of halogens is 1. The summed E-state index contributed by atoms with van der Waals surface area (Å²) in [5.41, 5.74) is 1.78. The quantitative estimate of drug-likeness (QED) is 0.829. The molecule has 1 nitrogen and oxygen atoms in total. The molecule has 0 amide bonds. The van der Waals surface area contributed by atoms with E-state index in [1.54, 1.807) is 0 Å². The summed E-state index contributed by atoms with van der Waals surface area (Å²) in [6.45, 7) is 2.27. The minimum absolute atomic E-state index is 0.347. The Labute approximate surface area is 96.8 Å². The van der Waals surface area contributed by atoms with Gasteiger partial charge in [0.05, 0.1) is 0 Å². The molecule has 82 valence electrons. The van der Waals surface area contributed by atoms with Gasteiger partial charge in [-0.1, -0.05) is 30.2 Å². The van der Waals surface area contributed by atoms with E-state index in [0.717, 1.165) is 5.02 Å². The van der Waals surface area contributed by atoms with Gasteiger partial charge in [-0.3, -0.25) is 0 Å². The third-order valence-electron chi connectivity index (χ3n) is 3.93. The standard InChI is InChI=1S/C13H18ClN/c1-10(15-2)13(8-3-9-13)11-4-6-12(14)7-5-11/h4-7,10,15H,3,8-9H2,1-2H3. The lowest BCUT2D eigenvalue weighted by molar-refractivity contribution is 0.185. The second-order valence-corrected chi connectivity index (χ2v) is 4.96. The molecule has 1 saturated carbocycles. The molecule has 0 heterocycles. The molecule has 0 saturated heterocycles. The number of hydrogen-bond donors (Lipinski definition) is 1. The molecule has 0 radical (unpaired) electrons. The molecular weight excluding hydrogens is 206 g/mol. The largest absolute Gasteiger partial charge is 0.316 e. The fourth-order valence-corrected chi connectivity index (χ4v) is 2.71. The van der Waals surface area contributed by atoms with Crippen LogP contribution in [0.15, 0.2) is 24.3 Å². The number of nitrogens with one attached hydrogen (secondary N) is 1. The highest BCUT2D eigenvalue weighted by Crippen LogP contribution is 2.46. The summed E-state index contributed by atoms with van der Waals surface area (Å²) in [6, 6.07) is 8.89. The van der Waals surface area contributed by atoms with E-state index < -0.39 is 0 Å². The van der Waals surface area contributed by atoms with Crippen LogP contribution < -0.4 is 5.32 Å². The predicted molar refractivity (Wildman–Crippen MR) is 65.5 cm³/mol. The van der Waals surface area contributed by atoms with Crippen LogP contribution in [0, 0.1) is 0 Å². The van der Waals surface area contributed by atoms with Crippen LogP contribution in [0.1, 0.15) is 31.7 Å². The molecule has 1 atom stereocenters. The number of benzene rings is 1. The van der Waals surface area contributed by atoms with E-state index in [1.165, 1.54) is 24.8 Å². The molecule has 1 N–H and O–H groups in total. The first kappa shape index (κ1) is 11.0. The summed E-state index contributed by atoms with van der Waals surface area (Å²) in [5.74, 6) is 0. The van der Waals surface area contributed by atoms with Gasteiger partial charge in [-0.25, -0.2) is 0 Å². The van der Waals surface area contributed by atoms with Gasteiger partial charge >= 0.3 is 0 Å².